The van der Waals surface area contributed by atoms with Gasteiger partial charge in [-0.15, -0.1) is 0 Å². The van der Waals surface area contributed by atoms with Crippen LogP contribution in [0.4, 0.5) is 10.1 Å². The molecular formula is C31H26FN3O5. The number of aryl methyl sites for hydroxylation is 2. The fraction of sp³-hybridized carbons (Fsp3) is 0.161. The maximum atomic E-state index is 14.6. The van der Waals surface area contributed by atoms with Gasteiger partial charge in [-0.2, -0.15) is 0 Å². The van der Waals surface area contributed by atoms with Crippen molar-refractivity contribution in [3.63, 3.8) is 0 Å². The molecule has 0 aliphatic carbocycles. The van der Waals surface area contributed by atoms with Crippen molar-refractivity contribution in [3.05, 3.63) is 89.5 Å². The Kier molecular flexibility index (Phi) is 5.78. The van der Waals surface area contributed by atoms with Gasteiger partial charge in [-0.3, -0.25) is 4.79 Å². The molecule has 0 saturated carbocycles. The fourth-order valence-corrected chi connectivity index (χ4v) is 4.85. The van der Waals surface area contributed by atoms with E-state index in [1.54, 1.807) is 76.5 Å². The normalized spacial score (nSPS) is 11.9. The number of rotatable bonds is 3. The standard InChI is InChI=1S/C31H26FN3O5/c1-16-12-18(32)14-23-27(16)39-22-11-10-17(31(2,3)38)13-20(22)21-15-35(4)30(37)25-24(21)28(40-23)26(34-25)29(36)33-19-8-6-5-7-9-19/h5-15,37-38H,1-4H3,(H,33,36). The van der Waals surface area contributed by atoms with Crippen LogP contribution in [0.2, 0.25) is 0 Å². The van der Waals surface area contributed by atoms with Crippen LogP contribution in [-0.2, 0) is 12.6 Å². The van der Waals surface area contributed by atoms with Gasteiger partial charge in [-0.05, 0) is 62.2 Å². The zero-order valence-electron chi connectivity index (χ0n) is 22.2. The molecule has 3 N–H and O–H groups in total. The molecule has 0 atom stereocenters. The van der Waals surface area contributed by atoms with E-state index in [0.29, 0.717) is 38.6 Å². The molecule has 40 heavy (non-hydrogen) atoms. The highest BCUT2D eigenvalue weighted by atomic mass is 19.1. The van der Waals surface area contributed by atoms with E-state index in [1.807, 2.05) is 6.07 Å². The van der Waals surface area contributed by atoms with Gasteiger partial charge in [0.1, 0.15) is 16.9 Å². The molecule has 202 valence electrons. The quantitative estimate of drug-likeness (QED) is 0.224. The molecule has 3 aromatic carbocycles. The third kappa shape index (κ3) is 4.20. The second kappa shape index (κ2) is 9.10. The number of nitrogens with one attached hydrogen (secondary N) is 1. The Bertz CT molecular complexity index is 2030. The highest BCUT2D eigenvalue weighted by Crippen LogP contribution is 2.39. The van der Waals surface area contributed by atoms with Gasteiger partial charge < -0.3 is 28.9 Å². The van der Waals surface area contributed by atoms with Crippen molar-refractivity contribution in [1.29, 1.82) is 0 Å². The number of aromatic hydroxyl groups is 1. The molecule has 6 aromatic rings. The highest BCUT2D eigenvalue weighted by Gasteiger charge is 2.25. The fourth-order valence-electron chi connectivity index (χ4n) is 4.85. The third-order valence-corrected chi connectivity index (χ3v) is 6.89. The van der Waals surface area contributed by atoms with Gasteiger partial charge in [-0.25, -0.2) is 9.37 Å². The lowest BCUT2D eigenvalue weighted by molar-refractivity contribution is 0.0787. The molecule has 0 unspecified atom stereocenters. The summed E-state index contributed by atoms with van der Waals surface area (Å²) in [6.45, 7) is 5.03. The predicted octanol–water partition coefficient (Wildman–Crippen LogP) is 6.98. The maximum absolute atomic E-state index is 14.6. The van der Waals surface area contributed by atoms with Crippen LogP contribution in [0.1, 0.15) is 35.5 Å². The lowest BCUT2D eigenvalue weighted by Gasteiger charge is -2.18. The van der Waals surface area contributed by atoms with Crippen molar-refractivity contribution >= 4 is 55.6 Å². The number of benzene rings is 3. The van der Waals surface area contributed by atoms with E-state index >= 15 is 0 Å². The van der Waals surface area contributed by atoms with E-state index < -0.39 is 17.3 Å². The summed E-state index contributed by atoms with van der Waals surface area (Å²) < 4.78 is 28.8. The monoisotopic (exact) mass is 539 g/mol. The molecule has 3 heterocycles. The number of pyridine rings is 1. The first kappa shape index (κ1) is 25.4. The summed E-state index contributed by atoms with van der Waals surface area (Å²) in [5.41, 5.74) is 1.19. The van der Waals surface area contributed by atoms with Crippen molar-refractivity contribution < 1.29 is 28.2 Å². The minimum atomic E-state index is -1.17. The molecule has 0 spiro atoms. The Hall–Kier alpha value is -4.89. The Morgan fingerprint density at radius 1 is 1.00 bits per heavy atom. The van der Waals surface area contributed by atoms with E-state index in [4.69, 9.17) is 8.83 Å². The number of amides is 1. The van der Waals surface area contributed by atoms with Crippen LogP contribution in [0.15, 0.2) is 75.7 Å². The Labute approximate surface area is 227 Å². The lowest BCUT2D eigenvalue weighted by atomic mass is 9.96. The molecule has 0 aliphatic rings. The number of aliphatic hydroxyl groups is 1. The van der Waals surface area contributed by atoms with Crippen molar-refractivity contribution in [1.82, 2.24) is 9.55 Å². The summed E-state index contributed by atoms with van der Waals surface area (Å²) in [5.74, 6) is -1.32. The summed E-state index contributed by atoms with van der Waals surface area (Å²) in [6.07, 6.45) is 1.67. The minimum Gasteiger partial charge on any atom is -0.493 e. The maximum Gasteiger partial charge on any atom is 0.278 e. The number of hydrogen-bond acceptors (Lipinski definition) is 6. The van der Waals surface area contributed by atoms with Crippen molar-refractivity contribution in [2.75, 3.05) is 5.32 Å². The minimum absolute atomic E-state index is 0.0330. The van der Waals surface area contributed by atoms with Gasteiger partial charge in [0.05, 0.1) is 11.0 Å². The number of halogens is 1. The first-order valence-electron chi connectivity index (χ1n) is 12.6. The number of carbonyl (C=O) groups is 1. The van der Waals surface area contributed by atoms with Crippen LogP contribution in [0.5, 0.6) is 5.88 Å². The van der Waals surface area contributed by atoms with E-state index in [9.17, 15) is 19.4 Å². The summed E-state index contributed by atoms with van der Waals surface area (Å²) in [7, 11) is 1.64. The molecular weight excluding hydrogens is 513 g/mol. The van der Waals surface area contributed by atoms with Crippen molar-refractivity contribution in [3.8, 4) is 5.88 Å². The van der Waals surface area contributed by atoms with Gasteiger partial charge in [0.15, 0.2) is 22.4 Å². The second-order valence-electron chi connectivity index (χ2n) is 10.3. The average molecular weight is 540 g/mol. The number of hydrogen-bond donors (Lipinski definition) is 3. The van der Waals surface area contributed by atoms with Gasteiger partial charge in [-0.1, -0.05) is 24.3 Å². The first-order valence-corrected chi connectivity index (χ1v) is 12.6. The second-order valence-corrected chi connectivity index (χ2v) is 10.3. The zero-order chi connectivity index (χ0) is 28.3. The van der Waals surface area contributed by atoms with Crippen LogP contribution in [0, 0.1) is 12.7 Å². The summed E-state index contributed by atoms with van der Waals surface area (Å²) >= 11 is 0. The molecule has 0 bridgehead atoms. The van der Waals surface area contributed by atoms with Crippen molar-refractivity contribution in [2.45, 2.75) is 26.4 Å². The first-order chi connectivity index (χ1) is 19.0. The van der Waals surface area contributed by atoms with E-state index in [-0.39, 0.29) is 33.8 Å². The van der Waals surface area contributed by atoms with Gasteiger partial charge in [0, 0.05) is 35.8 Å². The number of para-hydroxylation sites is 1. The van der Waals surface area contributed by atoms with Crippen LogP contribution < -0.4 is 5.32 Å². The average Bonchev–Trinajstić information content (AvgIpc) is 3.29. The van der Waals surface area contributed by atoms with Crippen LogP contribution >= 0.6 is 0 Å². The predicted molar refractivity (Wildman–Crippen MR) is 151 cm³/mol. The van der Waals surface area contributed by atoms with E-state index in [0.717, 1.165) is 0 Å². The van der Waals surface area contributed by atoms with Crippen LogP contribution in [-0.4, -0.2) is 25.7 Å². The molecule has 0 fully saturated rings. The Morgan fingerprint density at radius 2 is 1.73 bits per heavy atom. The van der Waals surface area contributed by atoms with Gasteiger partial charge >= 0.3 is 0 Å². The smallest absolute Gasteiger partial charge is 0.278 e. The van der Waals surface area contributed by atoms with Crippen LogP contribution in [0.25, 0.3) is 44.0 Å². The number of nitrogens with zero attached hydrogens (tertiary/aromatic N) is 2. The molecule has 6 rings (SSSR count). The van der Waals surface area contributed by atoms with Crippen molar-refractivity contribution in [2.24, 2.45) is 7.05 Å². The molecule has 1 amide bonds. The van der Waals surface area contributed by atoms with Gasteiger partial charge in [0.25, 0.3) is 5.91 Å². The summed E-state index contributed by atoms with van der Waals surface area (Å²) in [6, 6.07) is 16.6. The highest BCUT2D eigenvalue weighted by molar-refractivity contribution is 6.22. The molecule has 0 saturated heterocycles. The van der Waals surface area contributed by atoms with Crippen LogP contribution in [0.3, 0.4) is 0 Å². The molecule has 3 aromatic heterocycles. The summed E-state index contributed by atoms with van der Waals surface area (Å²) in [4.78, 5) is 18.1. The number of aromatic nitrogens is 2. The third-order valence-electron chi connectivity index (χ3n) is 6.89. The molecule has 0 aliphatic heterocycles. The molecule has 0 radical (unpaired) electrons. The van der Waals surface area contributed by atoms with E-state index in [1.165, 1.54) is 16.7 Å². The number of carbonyl (C=O) groups excluding carboxylic acids is 1. The summed E-state index contributed by atoms with van der Waals surface area (Å²) in [5, 5.41) is 26.1. The van der Waals surface area contributed by atoms with E-state index in [2.05, 4.69) is 10.3 Å². The molecule has 9 heteroatoms. The SMILES string of the molecule is Cc1cc(F)cc2oc3c(C(=O)Nc4ccccc4)nc4c(O)n(C)cc(c5cc(C(C)(C)O)ccc5oc12)c43. The van der Waals surface area contributed by atoms with Gasteiger partial charge in [0.2, 0.25) is 5.88 Å². The Balaban J connectivity index is 1.86. The lowest BCUT2D eigenvalue weighted by Crippen LogP contribution is -2.15. The largest absolute Gasteiger partial charge is 0.493 e. The topological polar surface area (TPSA) is 114 Å². The number of anilines is 1. The zero-order valence-corrected chi connectivity index (χ0v) is 22.2. The molecule has 8 nitrogen and oxygen atoms in total. The Morgan fingerprint density at radius 3 is 2.45 bits per heavy atom. The number of fused-ring (bicyclic) bond motifs is 3.